The molecule has 5 rings (SSSR count). The smallest absolute Gasteiger partial charge is 0.262 e. The van der Waals surface area contributed by atoms with Crippen LogP contribution in [0.15, 0.2) is 30.9 Å². The number of nitrogens with zero attached hydrogens (tertiary/aromatic N) is 4. The lowest BCUT2D eigenvalue weighted by Gasteiger charge is -2.40. The summed E-state index contributed by atoms with van der Waals surface area (Å²) in [6.07, 6.45) is 0.890. The summed E-state index contributed by atoms with van der Waals surface area (Å²) in [5.74, 6) is -2.69. The lowest BCUT2D eigenvalue weighted by molar-refractivity contribution is -0.128. The van der Waals surface area contributed by atoms with Crippen molar-refractivity contribution >= 4 is 17.6 Å². The van der Waals surface area contributed by atoms with Crippen molar-refractivity contribution in [2.45, 2.75) is 38.0 Å². The van der Waals surface area contributed by atoms with E-state index in [-0.39, 0.29) is 72.8 Å². The Morgan fingerprint density at radius 1 is 1.26 bits per heavy atom. The Bertz CT molecular complexity index is 1320. The van der Waals surface area contributed by atoms with Gasteiger partial charge in [0.25, 0.3) is 5.91 Å². The van der Waals surface area contributed by atoms with Gasteiger partial charge in [0.1, 0.15) is 35.2 Å². The Hall–Kier alpha value is -3.73. The molecule has 9 nitrogen and oxygen atoms in total. The van der Waals surface area contributed by atoms with E-state index in [1.54, 1.807) is 14.7 Å². The maximum atomic E-state index is 16.2. The van der Waals surface area contributed by atoms with E-state index >= 15 is 8.78 Å². The number of carbonyl (C=O) groups is 2. The highest BCUT2D eigenvalue weighted by Crippen LogP contribution is 2.45. The van der Waals surface area contributed by atoms with Crippen molar-refractivity contribution < 1.29 is 33.0 Å². The number of methoxy groups -OCH3 is 1. The van der Waals surface area contributed by atoms with Crippen LogP contribution in [0.4, 0.5) is 14.6 Å². The number of β-amino-alcohol motifs (C(OH)–C–C–N with tert-alkyl or cyclic N) is 1. The molecule has 11 heteroatoms. The number of piperazine rings is 1. The summed E-state index contributed by atoms with van der Waals surface area (Å²) < 4.78 is 42.6. The minimum absolute atomic E-state index is 0.0685. The molecule has 0 radical (unpaired) electrons. The molecule has 2 aromatic rings. The summed E-state index contributed by atoms with van der Waals surface area (Å²) in [6.45, 7) is 8.04. The Balaban J connectivity index is 1.71. The highest BCUT2D eigenvalue weighted by molar-refractivity contribution is 6.03. The summed E-state index contributed by atoms with van der Waals surface area (Å²) in [6, 6.07) is 3.56. The van der Waals surface area contributed by atoms with E-state index in [0.29, 0.717) is 6.42 Å². The first kappa shape index (κ1) is 25.9. The van der Waals surface area contributed by atoms with Crippen LogP contribution in [0.2, 0.25) is 0 Å². The molecule has 2 saturated heterocycles. The van der Waals surface area contributed by atoms with Crippen molar-refractivity contribution in [1.82, 2.24) is 14.8 Å². The molecule has 2 amide bonds. The molecular weight excluding hydrogens is 498 g/mol. The standard InChI is InChI=1S/C27H30F2N4O5/c1-5-19(35)31-9-10-32-15(12-31)14-38-24-21(26(32)36)25(33-13-16(34)11-27(33,2)3)30-23(22(24)29)20-17(28)7-6-8-18(20)37-4/h5-8,15-16,34H,1,9-14H2,2-4H3/t15-,16?/m1/s1. The molecule has 0 saturated carbocycles. The second-order valence-electron chi connectivity index (χ2n) is 10.4. The summed E-state index contributed by atoms with van der Waals surface area (Å²) in [4.78, 5) is 35.6. The quantitative estimate of drug-likeness (QED) is 0.610. The van der Waals surface area contributed by atoms with Crippen molar-refractivity contribution in [3.8, 4) is 22.8 Å². The summed E-state index contributed by atoms with van der Waals surface area (Å²) in [7, 11) is 1.34. The fourth-order valence-electron chi connectivity index (χ4n) is 5.62. The number of aromatic nitrogens is 1. The number of halogens is 2. The summed E-state index contributed by atoms with van der Waals surface area (Å²) in [5.41, 5.74) is -1.29. The van der Waals surface area contributed by atoms with Crippen molar-refractivity contribution in [3.05, 3.63) is 48.1 Å². The highest BCUT2D eigenvalue weighted by atomic mass is 19.1. The van der Waals surface area contributed by atoms with Gasteiger partial charge in [-0.2, -0.15) is 0 Å². The molecule has 4 heterocycles. The van der Waals surface area contributed by atoms with Crippen molar-refractivity contribution in [2.24, 2.45) is 0 Å². The van der Waals surface area contributed by atoms with Crippen LogP contribution < -0.4 is 14.4 Å². The molecule has 2 atom stereocenters. The minimum atomic E-state index is -0.989. The number of fused-ring (bicyclic) bond motifs is 2. The van der Waals surface area contributed by atoms with Crippen LogP contribution in [-0.2, 0) is 4.79 Å². The minimum Gasteiger partial charge on any atom is -0.496 e. The topological polar surface area (TPSA) is 95.4 Å². The van der Waals surface area contributed by atoms with Crippen molar-refractivity contribution in [3.63, 3.8) is 0 Å². The summed E-state index contributed by atoms with van der Waals surface area (Å²) in [5, 5.41) is 10.5. The van der Waals surface area contributed by atoms with Crippen LogP contribution in [0.5, 0.6) is 11.5 Å². The Labute approximate surface area is 219 Å². The third-order valence-corrected chi connectivity index (χ3v) is 7.49. The number of rotatable bonds is 4. The van der Waals surface area contributed by atoms with E-state index in [4.69, 9.17) is 9.47 Å². The predicted octanol–water partition coefficient (Wildman–Crippen LogP) is 2.62. The first-order valence-electron chi connectivity index (χ1n) is 12.4. The van der Waals surface area contributed by atoms with E-state index in [9.17, 15) is 14.7 Å². The monoisotopic (exact) mass is 528 g/mol. The van der Waals surface area contributed by atoms with Gasteiger partial charge >= 0.3 is 0 Å². The second-order valence-corrected chi connectivity index (χ2v) is 10.4. The first-order valence-corrected chi connectivity index (χ1v) is 12.4. The fourth-order valence-corrected chi connectivity index (χ4v) is 5.62. The van der Waals surface area contributed by atoms with Crippen molar-refractivity contribution in [2.75, 3.05) is 44.8 Å². The zero-order valence-electron chi connectivity index (χ0n) is 21.5. The normalized spacial score (nSPS) is 22.4. The van der Waals surface area contributed by atoms with Gasteiger partial charge in [0.05, 0.1) is 24.8 Å². The average Bonchev–Trinajstić information content (AvgIpc) is 3.08. The van der Waals surface area contributed by atoms with Crippen LogP contribution in [0.3, 0.4) is 0 Å². The lowest BCUT2D eigenvalue weighted by atomic mass is 9.99. The van der Waals surface area contributed by atoms with Gasteiger partial charge in [-0.05, 0) is 38.5 Å². The van der Waals surface area contributed by atoms with E-state index in [1.165, 1.54) is 31.4 Å². The van der Waals surface area contributed by atoms with Gasteiger partial charge in [0, 0.05) is 31.7 Å². The largest absolute Gasteiger partial charge is 0.496 e. The van der Waals surface area contributed by atoms with Crippen LogP contribution in [0, 0.1) is 11.6 Å². The molecule has 1 N–H and O–H groups in total. The average molecular weight is 529 g/mol. The first-order chi connectivity index (χ1) is 18.1. The molecule has 2 fully saturated rings. The Morgan fingerprint density at radius 3 is 2.68 bits per heavy atom. The van der Waals surface area contributed by atoms with Crippen LogP contribution >= 0.6 is 0 Å². The van der Waals surface area contributed by atoms with Gasteiger partial charge in [-0.3, -0.25) is 9.59 Å². The number of anilines is 1. The van der Waals surface area contributed by atoms with E-state index in [2.05, 4.69) is 11.6 Å². The number of hydrogen-bond donors (Lipinski definition) is 1. The van der Waals surface area contributed by atoms with Crippen LogP contribution in [0.25, 0.3) is 11.3 Å². The number of amides is 2. The number of ether oxygens (including phenoxy) is 2. The Kier molecular flexibility index (Phi) is 6.50. The molecule has 3 aliphatic rings. The van der Waals surface area contributed by atoms with E-state index < -0.39 is 35.2 Å². The molecule has 0 aliphatic carbocycles. The third-order valence-electron chi connectivity index (χ3n) is 7.49. The van der Waals surface area contributed by atoms with Gasteiger partial charge in [0.15, 0.2) is 11.6 Å². The van der Waals surface area contributed by atoms with Gasteiger partial charge < -0.3 is 29.3 Å². The molecule has 1 aromatic carbocycles. The van der Waals surface area contributed by atoms with Crippen LogP contribution in [0.1, 0.15) is 30.6 Å². The number of hydrogen-bond acceptors (Lipinski definition) is 7. The number of benzene rings is 1. The van der Waals surface area contributed by atoms with Crippen molar-refractivity contribution in [1.29, 1.82) is 0 Å². The maximum absolute atomic E-state index is 16.2. The SMILES string of the molecule is C=CC(=O)N1CCN2C(=O)c3c(N4CC(O)CC4(C)C)nc(-c4c(F)cccc4OC)c(F)c3OC[C@H]2C1. The molecule has 0 spiro atoms. The van der Waals surface area contributed by atoms with E-state index in [0.717, 1.165) is 0 Å². The molecule has 1 unspecified atom stereocenters. The molecular formula is C27H30F2N4O5. The van der Waals surface area contributed by atoms with Crippen LogP contribution in [-0.4, -0.2) is 89.3 Å². The second kappa shape index (κ2) is 9.54. The zero-order valence-corrected chi connectivity index (χ0v) is 21.5. The maximum Gasteiger partial charge on any atom is 0.262 e. The Morgan fingerprint density at radius 2 is 2.03 bits per heavy atom. The zero-order chi connectivity index (χ0) is 27.4. The number of aliphatic hydroxyl groups is 1. The number of carbonyl (C=O) groups excluding carboxylic acids is 2. The molecule has 38 heavy (non-hydrogen) atoms. The molecule has 3 aliphatic heterocycles. The fraction of sp³-hybridized carbons (Fsp3) is 0.444. The highest BCUT2D eigenvalue weighted by Gasteiger charge is 2.45. The van der Waals surface area contributed by atoms with E-state index in [1.807, 2.05) is 13.8 Å². The molecule has 0 bridgehead atoms. The number of aliphatic hydroxyl groups excluding tert-OH is 1. The predicted molar refractivity (Wildman–Crippen MR) is 135 cm³/mol. The van der Waals surface area contributed by atoms with Gasteiger partial charge in [-0.15, -0.1) is 0 Å². The molecule has 202 valence electrons. The van der Waals surface area contributed by atoms with Gasteiger partial charge in [-0.25, -0.2) is 13.8 Å². The molecule has 1 aromatic heterocycles. The lowest BCUT2D eigenvalue weighted by Crippen LogP contribution is -2.57. The van der Waals surface area contributed by atoms with Gasteiger partial charge in [-0.1, -0.05) is 12.6 Å². The summed E-state index contributed by atoms with van der Waals surface area (Å²) >= 11 is 0. The van der Waals surface area contributed by atoms with Gasteiger partial charge in [0.2, 0.25) is 5.91 Å². The number of pyridine rings is 1. The third kappa shape index (κ3) is 4.14.